The molecule has 0 aromatic heterocycles. The van der Waals surface area contributed by atoms with E-state index in [4.69, 9.17) is 28.5 Å². The Labute approximate surface area is 192 Å². The van der Waals surface area contributed by atoms with Crippen molar-refractivity contribution in [3.05, 3.63) is 53.1 Å². The van der Waals surface area contributed by atoms with Crippen LogP contribution in [0.15, 0.2) is 47.4 Å². The molecule has 0 spiro atoms. The van der Waals surface area contributed by atoms with Crippen molar-refractivity contribution in [1.82, 2.24) is 4.90 Å². The van der Waals surface area contributed by atoms with Crippen molar-refractivity contribution in [2.24, 2.45) is 11.7 Å². The molecule has 0 bridgehead atoms. The molecule has 1 aliphatic heterocycles. The number of nitrogen functional groups attached to an aromatic ring is 1. The van der Waals surface area contributed by atoms with E-state index in [0.717, 1.165) is 17.1 Å². The number of carbonyl (C=O) groups is 1. The van der Waals surface area contributed by atoms with Crippen LogP contribution in [0.25, 0.3) is 0 Å². The molecular weight excluding hydrogens is 454 g/mol. The molecular formula is C21H26ClN5O4S. The number of benzene rings is 2. The normalized spacial score (nSPS) is 14.8. The average Bonchev–Trinajstić information content (AvgIpc) is 2.74. The highest BCUT2D eigenvalue weighted by Crippen LogP contribution is 2.34. The number of carboxylic acids is 1. The average molecular weight is 480 g/mol. The number of nitrogens with one attached hydrogen (secondary N) is 1. The van der Waals surface area contributed by atoms with Crippen molar-refractivity contribution in [3.8, 4) is 0 Å². The van der Waals surface area contributed by atoms with Gasteiger partial charge in [-0.05, 0) is 48.9 Å². The van der Waals surface area contributed by atoms with Crippen molar-refractivity contribution in [2.45, 2.75) is 24.2 Å². The van der Waals surface area contributed by atoms with Gasteiger partial charge in [-0.1, -0.05) is 35.9 Å². The molecule has 0 amide bonds. The van der Waals surface area contributed by atoms with Crippen molar-refractivity contribution in [1.29, 1.82) is 5.41 Å². The van der Waals surface area contributed by atoms with E-state index in [1.807, 2.05) is 0 Å². The van der Waals surface area contributed by atoms with Crippen LogP contribution in [0.3, 0.4) is 0 Å². The van der Waals surface area contributed by atoms with Crippen molar-refractivity contribution in [2.75, 3.05) is 29.7 Å². The van der Waals surface area contributed by atoms with E-state index in [2.05, 4.69) is 0 Å². The number of nitrogens with zero attached hydrogens (tertiary/aromatic N) is 2. The zero-order chi connectivity index (χ0) is 23.5. The molecule has 2 aromatic rings. The second kappa shape index (κ2) is 9.66. The number of hydrogen-bond donors (Lipinski definition) is 4. The summed E-state index contributed by atoms with van der Waals surface area (Å²) in [4.78, 5) is 13.1. The van der Waals surface area contributed by atoms with Gasteiger partial charge in [0.15, 0.2) is 5.96 Å². The number of halogens is 1. The van der Waals surface area contributed by atoms with Gasteiger partial charge in [-0.2, -0.15) is 0 Å². The minimum atomic E-state index is -4.30. The maximum absolute atomic E-state index is 13.5. The Morgan fingerprint density at radius 2 is 1.84 bits per heavy atom. The number of sulfonamides is 1. The molecule has 1 saturated heterocycles. The fourth-order valence-electron chi connectivity index (χ4n) is 3.86. The first-order valence-electron chi connectivity index (χ1n) is 10.1. The number of anilines is 2. The number of rotatable bonds is 7. The Kier molecular flexibility index (Phi) is 7.15. The molecule has 0 atom stereocenters. The number of para-hydroxylation sites is 2. The summed E-state index contributed by atoms with van der Waals surface area (Å²) in [6.07, 6.45) is 2.18. The van der Waals surface area contributed by atoms with E-state index in [9.17, 15) is 18.3 Å². The Bertz CT molecular complexity index is 1120. The van der Waals surface area contributed by atoms with E-state index in [1.165, 1.54) is 18.2 Å². The molecule has 172 valence electrons. The van der Waals surface area contributed by atoms with Crippen LogP contribution in [0.2, 0.25) is 5.02 Å². The zero-order valence-electron chi connectivity index (χ0n) is 17.4. The second-order valence-electron chi connectivity index (χ2n) is 7.71. The van der Waals surface area contributed by atoms with Crippen LogP contribution in [0.5, 0.6) is 0 Å². The quantitative estimate of drug-likeness (QED) is 0.270. The lowest BCUT2D eigenvalue weighted by Gasteiger charge is -2.32. The van der Waals surface area contributed by atoms with Gasteiger partial charge in [-0.15, -0.1) is 0 Å². The topological polar surface area (TPSA) is 154 Å². The summed E-state index contributed by atoms with van der Waals surface area (Å²) in [6.45, 7) is 0.533. The number of carboxylic acid groups (broad SMARTS) is 1. The number of hydrogen-bond acceptors (Lipinski definition) is 5. The summed E-state index contributed by atoms with van der Waals surface area (Å²) in [5, 5.41) is 17.0. The van der Waals surface area contributed by atoms with Crippen molar-refractivity contribution < 1.29 is 18.3 Å². The summed E-state index contributed by atoms with van der Waals surface area (Å²) < 4.78 is 27.7. The molecule has 11 heteroatoms. The third-order valence-corrected chi connectivity index (χ3v) is 7.92. The predicted molar refractivity (Wildman–Crippen MR) is 124 cm³/mol. The Morgan fingerprint density at radius 3 is 2.44 bits per heavy atom. The van der Waals surface area contributed by atoms with E-state index in [-0.39, 0.29) is 33.2 Å². The predicted octanol–water partition coefficient (Wildman–Crippen LogP) is 2.35. The number of aliphatic carboxylic acids is 1. The van der Waals surface area contributed by atoms with Gasteiger partial charge in [0.2, 0.25) is 0 Å². The van der Waals surface area contributed by atoms with Crippen LogP contribution in [-0.2, 0) is 21.2 Å². The monoisotopic (exact) mass is 479 g/mol. The number of guanidine groups is 1. The fraction of sp³-hybridized carbons (Fsp3) is 0.333. The van der Waals surface area contributed by atoms with Crippen LogP contribution in [0, 0.1) is 11.3 Å². The molecule has 0 unspecified atom stereocenters. The van der Waals surface area contributed by atoms with Crippen LogP contribution in [-0.4, -0.2) is 50.0 Å². The highest BCUT2D eigenvalue weighted by molar-refractivity contribution is 7.93. The lowest BCUT2D eigenvalue weighted by atomic mass is 9.90. The molecule has 1 fully saturated rings. The molecule has 1 heterocycles. The van der Waals surface area contributed by atoms with Gasteiger partial charge in [0.1, 0.15) is 11.4 Å². The first-order chi connectivity index (χ1) is 15.1. The van der Waals surface area contributed by atoms with Gasteiger partial charge < -0.3 is 21.5 Å². The molecule has 32 heavy (non-hydrogen) atoms. The summed E-state index contributed by atoms with van der Waals surface area (Å²) >= 11 is 6.55. The number of piperidine rings is 1. The third-order valence-electron chi connectivity index (χ3n) is 5.56. The Morgan fingerprint density at radius 1 is 1.19 bits per heavy atom. The van der Waals surface area contributed by atoms with Gasteiger partial charge >= 0.3 is 5.97 Å². The molecule has 3 rings (SSSR count). The number of likely N-dealkylation sites (tertiary alicyclic amines) is 1. The molecule has 1 aliphatic rings. The zero-order valence-corrected chi connectivity index (χ0v) is 18.9. The van der Waals surface area contributed by atoms with E-state index >= 15 is 0 Å². The molecule has 0 aliphatic carbocycles. The summed E-state index contributed by atoms with van der Waals surface area (Å²) in [5.41, 5.74) is 12.4. The molecule has 9 nitrogen and oxygen atoms in total. The maximum atomic E-state index is 13.5. The van der Waals surface area contributed by atoms with Crippen molar-refractivity contribution in [3.63, 3.8) is 0 Å². The summed E-state index contributed by atoms with van der Waals surface area (Å²) in [7, 11) is -4.30. The van der Waals surface area contributed by atoms with Crippen LogP contribution in [0.1, 0.15) is 18.4 Å². The van der Waals surface area contributed by atoms with E-state index in [0.29, 0.717) is 25.1 Å². The largest absolute Gasteiger partial charge is 0.480 e. The van der Waals surface area contributed by atoms with Gasteiger partial charge in [-0.25, -0.2) is 8.42 Å². The maximum Gasteiger partial charge on any atom is 0.324 e. The van der Waals surface area contributed by atoms with Crippen molar-refractivity contribution >= 4 is 44.9 Å². The fourth-order valence-corrected chi connectivity index (χ4v) is 5.90. The first kappa shape index (κ1) is 23.7. The lowest BCUT2D eigenvalue weighted by Crippen LogP contribution is -2.42. The standard InChI is InChI=1S/C21H26ClN5O4S/c22-20-15(12-14-8-10-26(11-9-14)21(24)25)4-3-7-18(20)32(30,31)27(13-19(28)29)17-6-2-1-5-16(17)23/h1-7,14H,8-13,23H2,(H3,24,25)(H,28,29). The minimum absolute atomic E-state index is 0.0493. The highest BCUT2D eigenvalue weighted by atomic mass is 35.5. The van der Waals surface area contributed by atoms with Gasteiger partial charge in [0.25, 0.3) is 10.0 Å². The SMILES string of the molecule is N=C(N)N1CCC(Cc2cccc(S(=O)(=O)N(CC(=O)O)c3ccccc3N)c2Cl)CC1. The van der Waals surface area contributed by atoms with Crippen LogP contribution in [0.4, 0.5) is 11.4 Å². The molecule has 0 radical (unpaired) electrons. The van der Waals surface area contributed by atoms with Gasteiger partial charge in [-0.3, -0.25) is 14.5 Å². The smallest absolute Gasteiger partial charge is 0.324 e. The summed E-state index contributed by atoms with van der Waals surface area (Å²) in [5.74, 6) is -1.00. The summed E-state index contributed by atoms with van der Waals surface area (Å²) in [6, 6.07) is 10.9. The first-order valence-corrected chi connectivity index (χ1v) is 11.9. The molecule has 2 aromatic carbocycles. The minimum Gasteiger partial charge on any atom is -0.480 e. The lowest BCUT2D eigenvalue weighted by molar-refractivity contribution is -0.135. The van der Waals surface area contributed by atoms with Crippen LogP contribution >= 0.6 is 11.6 Å². The van der Waals surface area contributed by atoms with E-state index in [1.54, 1.807) is 29.2 Å². The molecule has 0 saturated carbocycles. The highest BCUT2D eigenvalue weighted by Gasteiger charge is 2.31. The Hall–Kier alpha value is -2.98. The number of nitrogens with two attached hydrogens (primary N) is 2. The van der Waals surface area contributed by atoms with E-state index < -0.39 is 22.5 Å². The van der Waals surface area contributed by atoms with Gasteiger partial charge in [0, 0.05) is 13.1 Å². The second-order valence-corrected chi connectivity index (χ2v) is 9.92. The van der Waals surface area contributed by atoms with Gasteiger partial charge in [0.05, 0.1) is 16.4 Å². The third kappa shape index (κ3) is 5.08. The van der Waals surface area contributed by atoms with Crippen LogP contribution < -0.4 is 15.8 Å². The Balaban J connectivity index is 1.92. The molecule has 6 N–H and O–H groups in total.